The van der Waals surface area contributed by atoms with Gasteiger partial charge in [0.1, 0.15) is 0 Å². The zero-order valence-electron chi connectivity index (χ0n) is 10.6. The van der Waals surface area contributed by atoms with Crippen LogP contribution in [0.15, 0.2) is 18.2 Å². The first-order valence-corrected chi connectivity index (χ1v) is 6.14. The molecule has 0 bridgehead atoms. The quantitative estimate of drug-likeness (QED) is 0.766. The summed E-state index contributed by atoms with van der Waals surface area (Å²) < 4.78 is 5.60. The van der Waals surface area contributed by atoms with E-state index in [0.29, 0.717) is 17.8 Å². The van der Waals surface area contributed by atoms with Gasteiger partial charge < -0.3 is 21.1 Å². The molecule has 1 aliphatic heterocycles. The topological polar surface area (TPSA) is 81.6 Å². The Kier molecular flexibility index (Phi) is 3.72. The van der Waals surface area contributed by atoms with Gasteiger partial charge in [-0.25, -0.2) is 0 Å². The number of ether oxygens (including phenoxy) is 1. The molecule has 2 rings (SSSR count). The molecule has 5 nitrogen and oxygen atoms in total. The first-order chi connectivity index (χ1) is 8.59. The lowest BCUT2D eigenvalue weighted by atomic mass is 10.1. The van der Waals surface area contributed by atoms with Crippen LogP contribution >= 0.6 is 0 Å². The first-order valence-electron chi connectivity index (χ1n) is 6.14. The molecule has 98 valence electrons. The van der Waals surface area contributed by atoms with E-state index in [1.54, 1.807) is 18.2 Å². The average molecular weight is 249 g/mol. The zero-order valence-corrected chi connectivity index (χ0v) is 10.6. The molecule has 1 amide bonds. The predicted molar refractivity (Wildman–Crippen MR) is 71.6 cm³/mol. The number of carbonyl (C=O) groups excluding carboxylic acids is 1. The third kappa shape index (κ3) is 2.56. The molecule has 1 unspecified atom stereocenters. The summed E-state index contributed by atoms with van der Waals surface area (Å²) in [6, 6.07) is 5.25. The van der Waals surface area contributed by atoms with Gasteiger partial charge in [-0.1, -0.05) is 6.07 Å². The first kappa shape index (κ1) is 12.7. The van der Waals surface area contributed by atoms with Crippen LogP contribution in [0.3, 0.4) is 0 Å². The normalized spacial score (nSPS) is 20.5. The van der Waals surface area contributed by atoms with E-state index < -0.39 is 5.91 Å². The summed E-state index contributed by atoms with van der Waals surface area (Å²) in [6.45, 7) is 4.28. The van der Waals surface area contributed by atoms with Gasteiger partial charge in [-0.05, 0) is 25.5 Å². The van der Waals surface area contributed by atoms with Crippen LogP contribution in [-0.4, -0.2) is 31.7 Å². The highest BCUT2D eigenvalue weighted by atomic mass is 16.5. The smallest absolute Gasteiger partial charge is 0.250 e. The van der Waals surface area contributed by atoms with Crippen LogP contribution in [-0.2, 0) is 4.74 Å². The molecular formula is C13H19N3O2. The van der Waals surface area contributed by atoms with Gasteiger partial charge in [0.2, 0.25) is 0 Å². The molecule has 1 atom stereocenters. The highest BCUT2D eigenvalue weighted by Crippen LogP contribution is 2.29. The Morgan fingerprint density at radius 2 is 2.28 bits per heavy atom. The number of para-hydroxylation sites is 1. The van der Waals surface area contributed by atoms with Gasteiger partial charge in [-0.3, -0.25) is 4.79 Å². The summed E-state index contributed by atoms with van der Waals surface area (Å²) in [5.74, 6) is -0.449. The van der Waals surface area contributed by atoms with E-state index in [-0.39, 0.29) is 6.10 Å². The summed E-state index contributed by atoms with van der Waals surface area (Å²) in [6.07, 6.45) is 1.03. The van der Waals surface area contributed by atoms with Gasteiger partial charge in [0.25, 0.3) is 5.91 Å². The van der Waals surface area contributed by atoms with Gasteiger partial charge in [0.15, 0.2) is 0 Å². The maximum atomic E-state index is 11.5. The van der Waals surface area contributed by atoms with E-state index in [1.165, 1.54) is 0 Å². The van der Waals surface area contributed by atoms with Crippen LogP contribution in [0, 0.1) is 0 Å². The predicted octanol–water partition coefficient (Wildman–Crippen LogP) is 0.983. The van der Waals surface area contributed by atoms with Crippen molar-refractivity contribution in [3.8, 4) is 0 Å². The van der Waals surface area contributed by atoms with Crippen LogP contribution in [0.1, 0.15) is 23.7 Å². The van der Waals surface area contributed by atoms with E-state index in [2.05, 4.69) is 4.90 Å². The fourth-order valence-electron chi connectivity index (χ4n) is 2.31. The molecule has 0 aromatic heterocycles. The van der Waals surface area contributed by atoms with Crippen molar-refractivity contribution in [2.45, 2.75) is 19.4 Å². The standard InChI is InChI=1S/C13H19N3O2/c1-9-8-16(6-3-7-18-9)12-10(13(15)17)4-2-5-11(12)14/h2,4-5,9H,3,6-8,14H2,1H3,(H2,15,17). The zero-order chi connectivity index (χ0) is 13.1. The summed E-state index contributed by atoms with van der Waals surface area (Å²) >= 11 is 0. The van der Waals surface area contributed by atoms with Crippen molar-refractivity contribution in [1.82, 2.24) is 0 Å². The molecule has 0 radical (unpaired) electrons. The number of carbonyl (C=O) groups is 1. The Balaban J connectivity index is 2.39. The molecule has 1 heterocycles. The maximum absolute atomic E-state index is 11.5. The summed E-state index contributed by atoms with van der Waals surface area (Å²) in [4.78, 5) is 13.6. The lowest BCUT2D eigenvalue weighted by Crippen LogP contribution is -2.32. The Labute approximate surface area is 107 Å². The van der Waals surface area contributed by atoms with Crippen LogP contribution in [0.2, 0.25) is 0 Å². The third-order valence-corrected chi connectivity index (χ3v) is 3.10. The Morgan fingerprint density at radius 3 is 3.00 bits per heavy atom. The molecule has 1 aromatic carbocycles. The molecule has 1 aliphatic rings. The molecule has 4 N–H and O–H groups in total. The van der Waals surface area contributed by atoms with E-state index in [4.69, 9.17) is 16.2 Å². The van der Waals surface area contributed by atoms with Crippen molar-refractivity contribution in [1.29, 1.82) is 0 Å². The second-order valence-electron chi connectivity index (χ2n) is 4.59. The average Bonchev–Trinajstić information content (AvgIpc) is 2.53. The van der Waals surface area contributed by atoms with Crippen molar-refractivity contribution < 1.29 is 9.53 Å². The van der Waals surface area contributed by atoms with Crippen molar-refractivity contribution >= 4 is 17.3 Å². The maximum Gasteiger partial charge on any atom is 0.250 e. The lowest BCUT2D eigenvalue weighted by molar-refractivity contribution is 0.0820. The van der Waals surface area contributed by atoms with Gasteiger partial charge in [-0.2, -0.15) is 0 Å². The summed E-state index contributed by atoms with van der Waals surface area (Å²) in [5.41, 5.74) is 13.2. The minimum atomic E-state index is -0.449. The number of nitrogens with zero attached hydrogens (tertiary/aromatic N) is 1. The molecule has 18 heavy (non-hydrogen) atoms. The minimum Gasteiger partial charge on any atom is -0.397 e. The SMILES string of the molecule is CC1CN(c2c(N)cccc2C(N)=O)CCCO1. The van der Waals surface area contributed by atoms with Crippen molar-refractivity contribution in [2.24, 2.45) is 5.73 Å². The molecule has 0 saturated carbocycles. The monoisotopic (exact) mass is 249 g/mol. The largest absolute Gasteiger partial charge is 0.397 e. The Bertz CT molecular complexity index is 448. The van der Waals surface area contributed by atoms with E-state index >= 15 is 0 Å². The lowest BCUT2D eigenvalue weighted by Gasteiger charge is -2.27. The molecule has 5 heteroatoms. The molecular weight excluding hydrogens is 230 g/mol. The van der Waals surface area contributed by atoms with Crippen LogP contribution in [0.5, 0.6) is 0 Å². The molecule has 0 spiro atoms. The minimum absolute atomic E-state index is 0.118. The fourth-order valence-corrected chi connectivity index (χ4v) is 2.31. The highest BCUT2D eigenvalue weighted by Gasteiger charge is 2.21. The molecule has 0 aliphatic carbocycles. The highest BCUT2D eigenvalue weighted by molar-refractivity contribution is 6.01. The third-order valence-electron chi connectivity index (χ3n) is 3.10. The van der Waals surface area contributed by atoms with E-state index in [1.807, 2.05) is 6.92 Å². The number of primary amides is 1. The second-order valence-corrected chi connectivity index (χ2v) is 4.59. The van der Waals surface area contributed by atoms with Gasteiger partial charge in [0, 0.05) is 19.7 Å². The second kappa shape index (κ2) is 5.27. The number of nitrogens with two attached hydrogens (primary N) is 2. The summed E-state index contributed by atoms with van der Waals surface area (Å²) in [5, 5.41) is 0. The number of nitrogen functional groups attached to an aromatic ring is 1. The van der Waals surface area contributed by atoms with E-state index in [0.717, 1.165) is 25.3 Å². The molecule has 1 fully saturated rings. The van der Waals surface area contributed by atoms with Crippen LogP contribution in [0.4, 0.5) is 11.4 Å². The van der Waals surface area contributed by atoms with Gasteiger partial charge >= 0.3 is 0 Å². The van der Waals surface area contributed by atoms with Gasteiger partial charge in [0.05, 0.1) is 23.0 Å². The summed E-state index contributed by atoms with van der Waals surface area (Å²) in [7, 11) is 0. The van der Waals surface area contributed by atoms with Gasteiger partial charge in [-0.15, -0.1) is 0 Å². The number of hydrogen-bond donors (Lipinski definition) is 2. The number of benzene rings is 1. The van der Waals surface area contributed by atoms with Crippen LogP contribution < -0.4 is 16.4 Å². The Hall–Kier alpha value is -1.75. The van der Waals surface area contributed by atoms with Crippen molar-refractivity contribution in [2.75, 3.05) is 30.3 Å². The number of amides is 1. The van der Waals surface area contributed by atoms with Crippen molar-refractivity contribution in [3.05, 3.63) is 23.8 Å². The molecule has 1 aromatic rings. The number of hydrogen-bond acceptors (Lipinski definition) is 4. The van der Waals surface area contributed by atoms with Crippen molar-refractivity contribution in [3.63, 3.8) is 0 Å². The van der Waals surface area contributed by atoms with E-state index in [9.17, 15) is 4.79 Å². The number of rotatable bonds is 2. The fraction of sp³-hybridized carbons (Fsp3) is 0.462. The number of anilines is 2. The molecule has 1 saturated heterocycles. The Morgan fingerprint density at radius 1 is 1.50 bits per heavy atom. The van der Waals surface area contributed by atoms with Crippen LogP contribution in [0.25, 0.3) is 0 Å².